The fourth-order valence-corrected chi connectivity index (χ4v) is 5.95. The summed E-state index contributed by atoms with van der Waals surface area (Å²) in [5.74, 6) is -1.09. The number of hydrogen-bond donors (Lipinski definition) is 2. The Morgan fingerprint density at radius 1 is 1.07 bits per heavy atom. The van der Waals surface area contributed by atoms with Gasteiger partial charge in [0.2, 0.25) is 5.91 Å². The Labute approximate surface area is 252 Å². The van der Waals surface area contributed by atoms with Gasteiger partial charge in [-0.3, -0.25) is 9.59 Å². The number of anilines is 2. The van der Waals surface area contributed by atoms with Crippen LogP contribution in [0, 0.1) is 5.82 Å². The number of carbonyl (C=O) groups excluding carboxylic acids is 2. The average Bonchev–Trinajstić information content (AvgIpc) is 3.57. The molecule has 6 rings (SSSR count). The minimum absolute atomic E-state index is 0.0934. The molecular formula is C31H30ClFN8O2. The Bertz CT molecular complexity index is 1670. The van der Waals surface area contributed by atoms with Crippen LogP contribution in [-0.4, -0.2) is 69.5 Å². The van der Waals surface area contributed by atoms with Crippen LogP contribution in [0.3, 0.4) is 0 Å². The van der Waals surface area contributed by atoms with E-state index in [0.29, 0.717) is 29.9 Å². The van der Waals surface area contributed by atoms with E-state index in [2.05, 4.69) is 31.8 Å². The number of nitrogen functional groups attached to an aromatic ring is 1. The van der Waals surface area contributed by atoms with Crippen LogP contribution in [0.4, 0.5) is 15.8 Å². The SMILES string of the molecule is Nc1ccc(CC(=O)C2c3cccc(N4CCNCC4)c3CCN2C(=O)/C=C/c2cc(Cl)c(F)cc2-n2cnnn2)cc1. The minimum atomic E-state index is -0.780. The predicted molar refractivity (Wildman–Crippen MR) is 162 cm³/mol. The van der Waals surface area contributed by atoms with Crippen molar-refractivity contribution in [2.45, 2.75) is 18.9 Å². The highest BCUT2D eigenvalue weighted by Crippen LogP contribution is 2.37. The summed E-state index contributed by atoms with van der Waals surface area (Å²) in [5.41, 5.74) is 11.1. The summed E-state index contributed by atoms with van der Waals surface area (Å²) >= 11 is 6.07. The second-order valence-electron chi connectivity index (χ2n) is 10.6. The summed E-state index contributed by atoms with van der Waals surface area (Å²) in [5, 5.41) is 14.4. The second kappa shape index (κ2) is 12.3. The number of Topliss-reactive ketones (excluding diaryl/α,β-unsaturated/α-hetero) is 1. The van der Waals surface area contributed by atoms with E-state index in [-0.39, 0.29) is 23.1 Å². The molecule has 1 saturated heterocycles. The Balaban J connectivity index is 1.35. The molecule has 1 unspecified atom stereocenters. The Morgan fingerprint density at radius 2 is 1.86 bits per heavy atom. The number of nitrogens with two attached hydrogens (primary N) is 1. The number of halogens is 2. The maximum absolute atomic E-state index is 14.3. The molecule has 0 saturated carbocycles. The maximum Gasteiger partial charge on any atom is 0.247 e. The van der Waals surface area contributed by atoms with Gasteiger partial charge in [0.25, 0.3) is 0 Å². The number of piperazine rings is 1. The van der Waals surface area contributed by atoms with Gasteiger partial charge >= 0.3 is 0 Å². The molecule has 220 valence electrons. The number of hydrogen-bond acceptors (Lipinski definition) is 8. The lowest BCUT2D eigenvalue weighted by molar-refractivity contribution is -0.136. The maximum atomic E-state index is 14.3. The van der Waals surface area contributed by atoms with Crippen LogP contribution in [0.15, 0.2) is 67.0 Å². The molecule has 10 nitrogen and oxygen atoms in total. The van der Waals surface area contributed by atoms with Crippen LogP contribution in [0.25, 0.3) is 11.8 Å². The lowest BCUT2D eigenvalue weighted by atomic mass is 9.86. The van der Waals surface area contributed by atoms with Gasteiger partial charge in [0.05, 0.1) is 10.7 Å². The van der Waals surface area contributed by atoms with Gasteiger partial charge in [0, 0.05) is 68.2 Å². The van der Waals surface area contributed by atoms with E-state index in [0.717, 1.165) is 48.6 Å². The molecule has 1 aromatic heterocycles. The number of nitrogens with one attached hydrogen (secondary N) is 1. The highest BCUT2D eigenvalue weighted by Gasteiger charge is 2.36. The topological polar surface area (TPSA) is 122 Å². The molecule has 1 fully saturated rings. The molecule has 2 aliphatic heterocycles. The van der Waals surface area contributed by atoms with Crippen LogP contribution in [0.1, 0.15) is 28.3 Å². The van der Waals surface area contributed by atoms with Crippen LogP contribution in [0.2, 0.25) is 5.02 Å². The molecule has 0 aliphatic carbocycles. The minimum Gasteiger partial charge on any atom is -0.399 e. The van der Waals surface area contributed by atoms with Crippen molar-refractivity contribution < 1.29 is 14.0 Å². The first-order valence-electron chi connectivity index (χ1n) is 14.0. The van der Waals surface area contributed by atoms with E-state index >= 15 is 0 Å². The lowest BCUT2D eigenvalue weighted by Gasteiger charge is -2.39. The van der Waals surface area contributed by atoms with E-state index in [1.807, 2.05) is 24.3 Å². The summed E-state index contributed by atoms with van der Waals surface area (Å²) in [4.78, 5) is 31.8. The molecular weight excluding hydrogens is 571 g/mol. The molecule has 3 heterocycles. The van der Waals surface area contributed by atoms with Crippen molar-refractivity contribution in [2.24, 2.45) is 0 Å². The number of rotatable bonds is 7. The van der Waals surface area contributed by atoms with Gasteiger partial charge in [-0.1, -0.05) is 35.9 Å². The van der Waals surface area contributed by atoms with Crippen molar-refractivity contribution in [3.63, 3.8) is 0 Å². The Morgan fingerprint density at radius 3 is 2.60 bits per heavy atom. The number of amides is 1. The first kappa shape index (κ1) is 28.5. The van der Waals surface area contributed by atoms with Crippen LogP contribution in [-0.2, 0) is 22.4 Å². The summed E-state index contributed by atoms with van der Waals surface area (Å²) < 4.78 is 15.6. The van der Waals surface area contributed by atoms with Crippen LogP contribution >= 0.6 is 11.6 Å². The molecule has 12 heteroatoms. The summed E-state index contributed by atoms with van der Waals surface area (Å²) in [6.07, 6.45) is 5.00. The smallest absolute Gasteiger partial charge is 0.247 e. The van der Waals surface area contributed by atoms with E-state index in [1.165, 1.54) is 29.2 Å². The summed E-state index contributed by atoms with van der Waals surface area (Å²) in [7, 11) is 0. The van der Waals surface area contributed by atoms with Crippen LogP contribution in [0.5, 0.6) is 0 Å². The lowest BCUT2D eigenvalue weighted by Crippen LogP contribution is -2.46. The number of tetrazole rings is 1. The normalized spacial score (nSPS) is 16.8. The van der Waals surface area contributed by atoms with Gasteiger partial charge in [-0.25, -0.2) is 4.39 Å². The predicted octanol–water partition coefficient (Wildman–Crippen LogP) is 3.40. The number of carbonyl (C=O) groups is 2. The monoisotopic (exact) mass is 600 g/mol. The first-order chi connectivity index (χ1) is 20.9. The molecule has 0 spiro atoms. The number of nitrogens with zero attached hydrogens (tertiary/aromatic N) is 6. The van der Waals surface area contributed by atoms with E-state index in [9.17, 15) is 14.0 Å². The zero-order chi connectivity index (χ0) is 29.9. The van der Waals surface area contributed by atoms with Gasteiger partial charge in [0.15, 0.2) is 5.78 Å². The quantitative estimate of drug-likeness (QED) is 0.245. The molecule has 43 heavy (non-hydrogen) atoms. The first-order valence-corrected chi connectivity index (χ1v) is 14.4. The zero-order valence-corrected chi connectivity index (χ0v) is 24.0. The molecule has 3 N–H and O–H groups in total. The molecule has 0 bridgehead atoms. The number of fused-ring (bicyclic) bond motifs is 1. The Hall–Kier alpha value is -4.61. The number of ketones is 1. The van der Waals surface area contributed by atoms with Crippen molar-refractivity contribution >= 4 is 40.7 Å². The highest BCUT2D eigenvalue weighted by atomic mass is 35.5. The molecule has 3 aromatic carbocycles. The fourth-order valence-electron chi connectivity index (χ4n) is 5.78. The van der Waals surface area contributed by atoms with Crippen molar-refractivity contribution in [2.75, 3.05) is 43.4 Å². The molecule has 2 aliphatic rings. The second-order valence-corrected chi connectivity index (χ2v) is 11.0. The third-order valence-corrected chi connectivity index (χ3v) is 8.16. The molecule has 1 amide bonds. The molecule has 0 radical (unpaired) electrons. The zero-order valence-electron chi connectivity index (χ0n) is 23.3. The fraction of sp³-hybridized carbons (Fsp3) is 0.258. The largest absolute Gasteiger partial charge is 0.399 e. The molecule has 1 atom stereocenters. The van der Waals surface area contributed by atoms with E-state index in [4.69, 9.17) is 17.3 Å². The van der Waals surface area contributed by atoms with E-state index in [1.54, 1.807) is 23.1 Å². The standard InChI is InChI=1S/C31H30ClFN8O2/c32-25-17-21(28(18-26(25)33)41-19-36-37-38-41)6-9-30(43)40-13-10-23-24(2-1-3-27(23)39-14-11-35-12-15-39)31(40)29(42)16-20-4-7-22(34)8-5-20/h1-9,17-19,31,35H,10-16,34H2/b9-6+. The summed E-state index contributed by atoms with van der Waals surface area (Å²) in [6.45, 7) is 3.88. The molecule has 4 aromatic rings. The third-order valence-electron chi connectivity index (χ3n) is 7.87. The average molecular weight is 601 g/mol. The van der Waals surface area contributed by atoms with Gasteiger partial charge in [-0.15, -0.1) is 5.10 Å². The number of benzene rings is 3. The van der Waals surface area contributed by atoms with Crippen molar-refractivity contribution in [1.29, 1.82) is 0 Å². The van der Waals surface area contributed by atoms with Gasteiger partial charge in [-0.05, 0) is 63.9 Å². The van der Waals surface area contributed by atoms with Gasteiger partial charge in [-0.2, -0.15) is 4.68 Å². The third kappa shape index (κ3) is 5.99. The van der Waals surface area contributed by atoms with E-state index < -0.39 is 11.9 Å². The Kier molecular flexibility index (Phi) is 8.17. The van der Waals surface area contributed by atoms with Crippen molar-refractivity contribution in [3.05, 3.63) is 100 Å². The van der Waals surface area contributed by atoms with Gasteiger partial charge < -0.3 is 20.9 Å². The van der Waals surface area contributed by atoms with Crippen LogP contribution < -0.4 is 16.0 Å². The van der Waals surface area contributed by atoms with Crippen molar-refractivity contribution in [3.8, 4) is 5.69 Å². The van der Waals surface area contributed by atoms with Crippen molar-refractivity contribution in [1.82, 2.24) is 30.4 Å². The number of aromatic nitrogens is 4. The summed E-state index contributed by atoms with van der Waals surface area (Å²) in [6, 6.07) is 15.0. The van der Waals surface area contributed by atoms with Gasteiger partial charge in [0.1, 0.15) is 18.2 Å². The highest BCUT2D eigenvalue weighted by molar-refractivity contribution is 6.31.